The summed E-state index contributed by atoms with van der Waals surface area (Å²) >= 11 is 5.66. The van der Waals surface area contributed by atoms with Crippen molar-refractivity contribution in [2.24, 2.45) is 0 Å². The third-order valence-electron chi connectivity index (χ3n) is 2.85. The summed E-state index contributed by atoms with van der Waals surface area (Å²) in [5.74, 6) is -0.917. The number of hydrogen-bond donors (Lipinski definition) is 1. The molecule has 0 fully saturated rings. The number of halogens is 2. The maximum absolute atomic E-state index is 13.5. The fourth-order valence-electron chi connectivity index (χ4n) is 1.93. The number of carboxylic acid groups (broad SMARTS) is 1. The molecule has 2 rings (SSSR count). The second-order valence-electron chi connectivity index (χ2n) is 4.23. The molecule has 5 heteroatoms. The lowest BCUT2D eigenvalue weighted by Gasteiger charge is -2.11. The van der Waals surface area contributed by atoms with Crippen LogP contribution in [0.15, 0.2) is 36.4 Å². The van der Waals surface area contributed by atoms with Gasteiger partial charge in [0.05, 0.1) is 18.6 Å². The number of aliphatic carboxylic acids is 1. The van der Waals surface area contributed by atoms with Crippen molar-refractivity contribution >= 4 is 17.6 Å². The summed E-state index contributed by atoms with van der Waals surface area (Å²) in [6.45, 7) is 0. The highest BCUT2D eigenvalue weighted by atomic mass is 35.5. The summed E-state index contributed by atoms with van der Waals surface area (Å²) in [7, 11) is 1.50. The Kier molecular flexibility index (Phi) is 4.25. The number of carbonyl (C=O) groups is 1. The topological polar surface area (TPSA) is 46.5 Å². The molecule has 104 valence electrons. The summed E-state index contributed by atoms with van der Waals surface area (Å²) in [6, 6.07) is 9.42. The molecule has 0 heterocycles. The monoisotopic (exact) mass is 294 g/mol. The third kappa shape index (κ3) is 3.08. The molecule has 0 unspecified atom stereocenters. The lowest BCUT2D eigenvalue weighted by Crippen LogP contribution is -2.00. The summed E-state index contributed by atoms with van der Waals surface area (Å²) in [5, 5.41) is 8.86. The van der Waals surface area contributed by atoms with Crippen molar-refractivity contribution in [1.29, 1.82) is 0 Å². The van der Waals surface area contributed by atoms with Gasteiger partial charge in [-0.1, -0.05) is 23.7 Å². The van der Waals surface area contributed by atoms with Crippen molar-refractivity contribution < 1.29 is 19.0 Å². The fraction of sp³-hybridized carbons (Fsp3) is 0.133. The van der Waals surface area contributed by atoms with Gasteiger partial charge in [0.1, 0.15) is 11.6 Å². The molecule has 0 aliphatic carbocycles. The third-order valence-corrected chi connectivity index (χ3v) is 3.16. The van der Waals surface area contributed by atoms with Gasteiger partial charge < -0.3 is 9.84 Å². The van der Waals surface area contributed by atoms with E-state index in [1.807, 2.05) is 0 Å². The van der Waals surface area contributed by atoms with Crippen LogP contribution >= 0.6 is 11.6 Å². The number of ether oxygens (including phenoxy) is 1. The molecular weight excluding hydrogens is 283 g/mol. The van der Waals surface area contributed by atoms with Crippen LogP contribution < -0.4 is 4.74 Å². The Hall–Kier alpha value is -2.07. The van der Waals surface area contributed by atoms with Crippen LogP contribution in [0.25, 0.3) is 11.1 Å². The lowest BCUT2D eigenvalue weighted by molar-refractivity contribution is -0.136. The zero-order valence-electron chi connectivity index (χ0n) is 10.7. The van der Waals surface area contributed by atoms with Crippen molar-refractivity contribution in [2.75, 3.05) is 7.11 Å². The molecule has 0 saturated heterocycles. The van der Waals surface area contributed by atoms with Crippen LogP contribution in [0.4, 0.5) is 4.39 Å². The van der Waals surface area contributed by atoms with Gasteiger partial charge in [-0.3, -0.25) is 4.79 Å². The average molecular weight is 295 g/mol. The highest BCUT2D eigenvalue weighted by molar-refractivity contribution is 6.30. The number of carboxylic acids is 1. The van der Waals surface area contributed by atoms with Crippen LogP contribution in [-0.4, -0.2) is 18.2 Å². The molecule has 3 nitrogen and oxygen atoms in total. The van der Waals surface area contributed by atoms with Gasteiger partial charge in [0.15, 0.2) is 0 Å². The van der Waals surface area contributed by atoms with Gasteiger partial charge in [-0.15, -0.1) is 0 Å². The van der Waals surface area contributed by atoms with E-state index < -0.39 is 11.8 Å². The van der Waals surface area contributed by atoms with E-state index in [1.165, 1.54) is 19.2 Å². The molecule has 1 N–H and O–H groups in total. The molecular formula is C15H12ClFO3. The van der Waals surface area contributed by atoms with Crippen molar-refractivity contribution in [3.8, 4) is 16.9 Å². The maximum atomic E-state index is 13.5. The molecule has 20 heavy (non-hydrogen) atoms. The molecule has 0 aliphatic rings. The maximum Gasteiger partial charge on any atom is 0.307 e. The first kappa shape index (κ1) is 14.3. The van der Waals surface area contributed by atoms with Crippen molar-refractivity contribution in [3.63, 3.8) is 0 Å². The minimum atomic E-state index is -0.927. The quantitative estimate of drug-likeness (QED) is 0.933. The summed E-state index contributed by atoms with van der Waals surface area (Å²) in [4.78, 5) is 10.8. The predicted molar refractivity (Wildman–Crippen MR) is 74.7 cm³/mol. The van der Waals surface area contributed by atoms with E-state index >= 15 is 0 Å². The standard InChI is InChI=1S/C15H12ClFO3/c1-20-14-5-2-9(7-15(18)19)6-11(14)10-3-4-12(16)13(17)8-10/h2-6,8H,7H2,1H3,(H,18,19). The van der Waals surface area contributed by atoms with E-state index in [0.29, 0.717) is 22.4 Å². The van der Waals surface area contributed by atoms with E-state index in [4.69, 9.17) is 21.4 Å². The van der Waals surface area contributed by atoms with E-state index in [1.54, 1.807) is 24.3 Å². The van der Waals surface area contributed by atoms with E-state index in [-0.39, 0.29) is 11.4 Å². The Balaban J connectivity index is 2.51. The molecule has 0 bridgehead atoms. The largest absolute Gasteiger partial charge is 0.496 e. The minimum absolute atomic E-state index is 0.0365. The van der Waals surface area contributed by atoms with Gasteiger partial charge in [0.2, 0.25) is 0 Å². The normalized spacial score (nSPS) is 10.3. The Labute approximate surface area is 120 Å². The van der Waals surface area contributed by atoms with Gasteiger partial charge in [-0.05, 0) is 35.4 Å². The molecule has 2 aromatic rings. The SMILES string of the molecule is COc1ccc(CC(=O)O)cc1-c1ccc(Cl)c(F)c1. The van der Waals surface area contributed by atoms with Gasteiger partial charge in [-0.2, -0.15) is 0 Å². The minimum Gasteiger partial charge on any atom is -0.496 e. The highest BCUT2D eigenvalue weighted by Crippen LogP contribution is 2.32. The van der Waals surface area contributed by atoms with Crippen molar-refractivity contribution in [2.45, 2.75) is 6.42 Å². The summed E-state index contributed by atoms with van der Waals surface area (Å²) < 4.78 is 18.8. The van der Waals surface area contributed by atoms with Gasteiger partial charge >= 0.3 is 5.97 Å². The van der Waals surface area contributed by atoms with E-state index in [9.17, 15) is 9.18 Å². The lowest BCUT2D eigenvalue weighted by atomic mass is 10.0. The van der Waals surface area contributed by atoms with E-state index in [0.717, 1.165) is 0 Å². The van der Waals surface area contributed by atoms with Gasteiger partial charge in [0.25, 0.3) is 0 Å². The smallest absolute Gasteiger partial charge is 0.307 e. The Bertz CT molecular complexity index is 656. The van der Waals surface area contributed by atoms with Crippen LogP contribution in [0.1, 0.15) is 5.56 Å². The van der Waals surface area contributed by atoms with Gasteiger partial charge in [-0.25, -0.2) is 4.39 Å². The number of hydrogen-bond acceptors (Lipinski definition) is 2. The Morgan fingerprint density at radius 3 is 2.65 bits per heavy atom. The number of methoxy groups -OCH3 is 1. The van der Waals surface area contributed by atoms with Crippen LogP contribution in [0.3, 0.4) is 0 Å². The zero-order chi connectivity index (χ0) is 14.7. The Morgan fingerprint density at radius 2 is 2.05 bits per heavy atom. The first-order valence-electron chi connectivity index (χ1n) is 5.85. The predicted octanol–water partition coefficient (Wildman–Crippen LogP) is 3.78. The van der Waals surface area contributed by atoms with Crippen LogP contribution in [0.2, 0.25) is 5.02 Å². The average Bonchev–Trinajstić information content (AvgIpc) is 2.41. The molecule has 0 atom stereocenters. The zero-order valence-corrected chi connectivity index (χ0v) is 11.4. The molecule has 0 saturated carbocycles. The van der Waals surface area contributed by atoms with E-state index in [2.05, 4.69) is 0 Å². The van der Waals surface area contributed by atoms with Crippen LogP contribution in [0, 0.1) is 5.82 Å². The number of rotatable bonds is 4. The first-order chi connectivity index (χ1) is 9.51. The summed E-state index contributed by atoms with van der Waals surface area (Å²) in [6.07, 6.45) is -0.104. The molecule has 0 aromatic heterocycles. The van der Waals surface area contributed by atoms with Crippen LogP contribution in [0.5, 0.6) is 5.75 Å². The fourth-order valence-corrected chi connectivity index (χ4v) is 2.05. The van der Waals surface area contributed by atoms with Crippen LogP contribution in [-0.2, 0) is 11.2 Å². The Morgan fingerprint density at radius 1 is 1.30 bits per heavy atom. The number of benzene rings is 2. The molecule has 0 amide bonds. The molecule has 0 aliphatic heterocycles. The first-order valence-corrected chi connectivity index (χ1v) is 6.23. The molecule has 0 radical (unpaired) electrons. The highest BCUT2D eigenvalue weighted by Gasteiger charge is 2.11. The molecule has 0 spiro atoms. The summed E-state index contributed by atoms with van der Waals surface area (Å²) in [5.41, 5.74) is 1.82. The second-order valence-corrected chi connectivity index (χ2v) is 4.64. The van der Waals surface area contributed by atoms with Gasteiger partial charge in [0, 0.05) is 5.56 Å². The molecule has 2 aromatic carbocycles. The van der Waals surface area contributed by atoms with Crippen molar-refractivity contribution in [3.05, 3.63) is 52.8 Å². The second kappa shape index (κ2) is 5.92. The van der Waals surface area contributed by atoms with Crippen molar-refractivity contribution in [1.82, 2.24) is 0 Å².